The first-order valence-corrected chi connectivity index (χ1v) is 11.4. The summed E-state index contributed by atoms with van der Waals surface area (Å²) in [5, 5.41) is 15.3. The van der Waals surface area contributed by atoms with E-state index in [2.05, 4.69) is 10.6 Å². The van der Waals surface area contributed by atoms with Crippen molar-refractivity contribution in [1.29, 1.82) is 0 Å². The van der Waals surface area contributed by atoms with Gasteiger partial charge in [-0.3, -0.25) is 9.59 Å². The fourth-order valence-electron chi connectivity index (χ4n) is 2.91. The minimum atomic E-state index is -3.74. The fraction of sp³-hybridized carbons (Fsp3) is 0.263. The average molecular weight is 436 g/mol. The molecule has 0 aliphatic carbocycles. The topological polar surface area (TPSA) is 116 Å². The lowest BCUT2D eigenvalue weighted by Crippen LogP contribution is -2.30. The molecule has 0 unspecified atom stereocenters. The number of nitrogens with zero attached hydrogens (tertiary/aromatic N) is 1. The molecule has 154 valence electrons. The first-order chi connectivity index (χ1) is 13.8. The summed E-state index contributed by atoms with van der Waals surface area (Å²) in [7, 11) is -3.74. The summed E-state index contributed by atoms with van der Waals surface area (Å²) >= 11 is 1.38. The molecular weight excluding hydrogens is 414 g/mol. The van der Waals surface area contributed by atoms with Crippen molar-refractivity contribution >= 4 is 45.0 Å². The van der Waals surface area contributed by atoms with E-state index in [1.807, 2.05) is 0 Å². The number of amides is 2. The van der Waals surface area contributed by atoms with E-state index in [4.69, 9.17) is 0 Å². The molecule has 1 aliphatic heterocycles. The highest BCUT2D eigenvalue weighted by Crippen LogP contribution is 2.33. The Labute approximate surface area is 173 Å². The van der Waals surface area contributed by atoms with Gasteiger partial charge in [-0.2, -0.15) is 4.31 Å². The minimum Gasteiger partial charge on any atom is -0.506 e. The van der Waals surface area contributed by atoms with Crippen molar-refractivity contribution in [3.05, 3.63) is 42.0 Å². The zero-order valence-electron chi connectivity index (χ0n) is 15.9. The molecule has 0 aromatic heterocycles. The number of carbonyl (C=O) groups is 2. The summed E-state index contributed by atoms with van der Waals surface area (Å²) in [6, 6.07) is 8.64. The molecule has 2 aromatic carbocycles. The van der Waals surface area contributed by atoms with Gasteiger partial charge in [0.2, 0.25) is 15.9 Å². The van der Waals surface area contributed by atoms with Crippen LogP contribution < -0.4 is 10.6 Å². The highest BCUT2D eigenvalue weighted by Gasteiger charge is 2.23. The molecule has 0 bridgehead atoms. The number of anilines is 2. The van der Waals surface area contributed by atoms with Crippen LogP contribution in [0.1, 0.15) is 24.2 Å². The zero-order valence-corrected chi connectivity index (χ0v) is 17.6. The number of phenolic OH excluding ortho intramolecular Hbond substituents is 1. The molecule has 0 radical (unpaired) electrons. The van der Waals surface area contributed by atoms with Crippen LogP contribution in [0.3, 0.4) is 0 Å². The van der Waals surface area contributed by atoms with Crippen LogP contribution in [0.4, 0.5) is 11.4 Å². The van der Waals surface area contributed by atoms with Crippen molar-refractivity contribution in [3.8, 4) is 5.75 Å². The predicted octanol–water partition coefficient (Wildman–Crippen LogP) is 2.72. The number of sulfonamides is 1. The van der Waals surface area contributed by atoms with Gasteiger partial charge in [0, 0.05) is 23.5 Å². The van der Waals surface area contributed by atoms with Crippen LogP contribution in [-0.2, 0) is 14.8 Å². The molecule has 0 spiro atoms. The number of aromatic hydroxyl groups is 1. The Morgan fingerprint density at radius 3 is 2.62 bits per heavy atom. The van der Waals surface area contributed by atoms with Crippen LogP contribution >= 0.6 is 11.8 Å². The van der Waals surface area contributed by atoms with Gasteiger partial charge >= 0.3 is 0 Å². The largest absolute Gasteiger partial charge is 0.506 e. The molecule has 2 amide bonds. The molecule has 0 atom stereocenters. The van der Waals surface area contributed by atoms with Gasteiger partial charge in [0.05, 0.1) is 22.0 Å². The van der Waals surface area contributed by atoms with Gasteiger partial charge in [-0.05, 0) is 36.4 Å². The number of nitrogens with one attached hydrogen (secondary N) is 2. The van der Waals surface area contributed by atoms with Gasteiger partial charge in [-0.15, -0.1) is 11.8 Å². The van der Waals surface area contributed by atoms with E-state index in [-0.39, 0.29) is 27.8 Å². The number of phenols is 1. The van der Waals surface area contributed by atoms with Crippen molar-refractivity contribution in [2.45, 2.75) is 23.6 Å². The van der Waals surface area contributed by atoms with Gasteiger partial charge < -0.3 is 15.7 Å². The average Bonchev–Trinajstić information content (AvgIpc) is 2.69. The maximum atomic E-state index is 12.7. The molecule has 0 saturated carbocycles. The summed E-state index contributed by atoms with van der Waals surface area (Å²) in [5.74, 6) is -0.615. The number of carbonyl (C=O) groups excluding carboxylic acids is 2. The summed E-state index contributed by atoms with van der Waals surface area (Å²) in [6.07, 6.45) is 0. The van der Waals surface area contributed by atoms with E-state index in [0.717, 1.165) is 4.90 Å². The van der Waals surface area contributed by atoms with E-state index < -0.39 is 15.9 Å². The second-order valence-corrected chi connectivity index (χ2v) is 9.23. The number of thioether (sulfide) groups is 1. The lowest BCUT2D eigenvalue weighted by molar-refractivity contribution is -0.113. The lowest BCUT2D eigenvalue weighted by Gasteiger charge is -2.19. The van der Waals surface area contributed by atoms with Gasteiger partial charge in [0.15, 0.2) is 0 Å². The van der Waals surface area contributed by atoms with Crippen molar-refractivity contribution in [1.82, 2.24) is 4.31 Å². The standard InChI is InChI=1S/C19H21N3O5S2/c1-3-22(4-2)29(26,27)13-6-7-16(23)14(10-13)21-19(25)12-5-8-17-15(9-12)20-18(24)11-28-17/h5-10,23H,3-4,11H2,1-2H3,(H,20,24)(H,21,25). The van der Waals surface area contributed by atoms with Gasteiger partial charge in [0.25, 0.3) is 5.91 Å². The second kappa shape index (κ2) is 8.44. The van der Waals surface area contributed by atoms with Crippen molar-refractivity contribution < 1.29 is 23.1 Å². The molecule has 1 heterocycles. The number of benzene rings is 2. The molecule has 29 heavy (non-hydrogen) atoms. The lowest BCUT2D eigenvalue weighted by atomic mass is 10.1. The summed E-state index contributed by atoms with van der Waals surface area (Å²) in [5.41, 5.74) is 0.795. The highest BCUT2D eigenvalue weighted by molar-refractivity contribution is 8.00. The summed E-state index contributed by atoms with van der Waals surface area (Å²) < 4.78 is 26.7. The Kier molecular flexibility index (Phi) is 6.15. The number of hydrogen-bond donors (Lipinski definition) is 3. The molecule has 3 rings (SSSR count). The van der Waals surface area contributed by atoms with Crippen LogP contribution in [0, 0.1) is 0 Å². The maximum absolute atomic E-state index is 12.7. The Morgan fingerprint density at radius 1 is 1.21 bits per heavy atom. The Bertz CT molecular complexity index is 1070. The Morgan fingerprint density at radius 2 is 1.93 bits per heavy atom. The number of fused-ring (bicyclic) bond motifs is 1. The van der Waals surface area contributed by atoms with Crippen molar-refractivity contribution in [3.63, 3.8) is 0 Å². The minimum absolute atomic E-state index is 0.0145. The van der Waals surface area contributed by atoms with Crippen LogP contribution in [0.25, 0.3) is 0 Å². The van der Waals surface area contributed by atoms with Crippen molar-refractivity contribution in [2.75, 3.05) is 29.5 Å². The first kappa shape index (κ1) is 21.2. The molecule has 8 nitrogen and oxygen atoms in total. The van der Waals surface area contributed by atoms with E-state index in [1.54, 1.807) is 32.0 Å². The third kappa shape index (κ3) is 4.39. The Balaban J connectivity index is 1.88. The summed E-state index contributed by atoms with van der Waals surface area (Å²) in [6.45, 7) is 4.08. The monoisotopic (exact) mass is 435 g/mol. The molecule has 1 aliphatic rings. The number of hydrogen-bond acceptors (Lipinski definition) is 6. The summed E-state index contributed by atoms with van der Waals surface area (Å²) in [4.78, 5) is 25.0. The predicted molar refractivity (Wildman–Crippen MR) is 112 cm³/mol. The molecule has 10 heteroatoms. The smallest absolute Gasteiger partial charge is 0.255 e. The van der Waals surface area contributed by atoms with Gasteiger partial charge in [0.1, 0.15) is 5.75 Å². The van der Waals surface area contributed by atoms with Gasteiger partial charge in [-0.25, -0.2) is 8.42 Å². The van der Waals surface area contributed by atoms with E-state index >= 15 is 0 Å². The quantitative estimate of drug-likeness (QED) is 0.601. The van der Waals surface area contributed by atoms with Crippen molar-refractivity contribution in [2.24, 2.45) is 0 Å². The molecule has 0 saturated heterocycles. The first-order valence-electron chi connectivity index (χ1n) is 8.97. The molecule has 0 fully saturated rings. The second-order valence-electron chi connectivity index (χ2n) is 6.27. The third-order valence-electron chi connectivity index (χ3n) is 4.43. The van der Waals surface area contributed by atoms with Crippen LogP contribution in [0.5, 0.6) is 5.75 Å². The number of rotatable bonds is 6. The highest BCUT2D eigenvalue weighted by atomic mass is 32.2. The molecule has 3 N–H and O–H groups in total. The fourth-order valence-corrected chi connectivity index (χ4v) is 5.18. The van der Waals surface area contributed by atoms with E-state index in [9.17, 15) is 23.1 Å². The van der Waals surface area contributed by atoms with Crippen LogP contribution in [0.2, 0.25) is 0 Å². The molecule has 2 aromatic rings. The molecular formula is C19H21N3O5S2. The van der Waals surface area contributed by atoms with Gasteiger partial charge in [-0.1, -0.05) is 13.8 Å². The van der Waals surface area contributed by atoms with E-state index in [0.29, 0.717) is 24.5 Å². The van der Waals surface area contributed by atoms with Crippen LogP contribution in [0.15, 0.2) is 46.2 Å². The normalized spacial score (nSPS) is 13.7. The van der Waals surface area contributed by atoms with Crippen LogP contribution in [-0.4, -0.2) is 48.5 Å². The maximum Gasteiger partial charge on any atom is 0.255 e. The SMILES string of the molecule is CCN(CC)S(=O)(=O)c1ccc(O)c(NC(=O)c2ccc3c(c2)NC(=O)CS3)c1. The third-order valence-corrected chi connectivity index (χ3v) is 7.55. The Hall–Kier alpha value is -2.56. The van der Waals surface area contributed by atoms with E-state index in [1.165, 1.54) is 34.3 Å². The zero-order chi connectivity index (χ0) is 21.2.